The first-order valence-corrected chi connectivity index (χ1v) is 16.2. The van der Waals surface area contributed by atoms with Crippen LogP contribution in [0.3, 0.4) is 0 Å². The molecule has 1 unspecified atom stereocenters. The van der Waals surface area contributed by atoms with Crippen molar-refractivity contribution in [2.24, 2.45) is 0 Å². The average molecular weight is 690 g/mol. The molecular weight excluding hydrogens is 640 g/mol. The van der Waals surface area contributed by atoms with Crippen molar-refractivity contribution in [3.63, 3.8) is 0 Å². The fourth-order valence-corrected chi connectivity index (χ4v) is 6.43. The summed E-state index contributed by atoms with van der Waals surface area (Å²) in [5.74, 6) is -2.28. The minimum atomic E-state index is -4.52. The van der Waals surface area contributed by atoms with Crippen LogP contribution in [0.4, 0.5) is 17.6 Å². The van der Waals surface area contributed by atoms with Crippen LogP contribution < -0.4 is 5.56 Å². The van der Waals surface area contributed by atoms with Gasteiger partial charge in [0.1, 0.15) is 12.4 Å². The van der Waals surface area contributed by atoms with Gasteiger partial charge in [0.2, 0.25) is 5.91 Å². The predicted molar refractivity (Wildman–Crippen MR) is 181 cm³/mol. The van der Waals surface area contributed by atoms with E-state index in [2.05, 4.69) is 4.98 Å². The number of halogens is 4. The van der Waals surface area contributed by atoms with Gasteiger partial charge in [-0.2, -0.15) is 18.2 Å². The SMILES string of the molecule is [2H]c1c([2H])c(CSc2nc(=O)c3c(n2CC(=O)N(CCN(C([2H])([2H])C)C([2H])([2H])C)C([2H])(C)c2ccc(-c4ccc(C(F)(F)F)cc4)cc2)CCC3)c([2H])c([2H])c1F. The molecule has 1 aliphatic rings. The zero-order valence-electron chi connectivity index (χ0n) is 35.6. The van der Waals surface area contributed by atoms with Crippen molar-refractivity contribution in [3.05, 3.63) is 117 Å². The van der Waals surface area contributed by atoms with Crippen molar-refractivity contribution >= 4 is 17.7 Å². The molecule has 0 saturated heterocycles. The van der Waals surface area contributed by atoms with E-state index in [1.165, 1.54) is 35.8 Å². The zero-order valence-corrected chi connectivity index (χ0v) is 27.4. The highest BCUT2D eigenvalue weighted by Crippen LogP contribution is 2.32. The Morgan fingerprint density at radius 2 is 1.65 bits per heavy atom. The van der Waals surface area contributed by atoms with Crippen molar-refractivity contribution in [2.75, 3.05) is 26.1 Å². The van der Waals surface area contributed by atoms with Gasteiger partial charge in [-0.3, -0.25) is 9.59 Å². The van der Waals surface area contributed by atoms with Crippen LogP contribution in [0.25, 0.3) is 11.1 Å². The monoisotopic (exact) mass is 689 g/mol. The van der Waals surface area contributed by atoms with E-state index in [1.807, 2.05) is 0 Å². The summed E-state index contributed by atoms with van der Waals surface area (Å²) in [5, 5.41) is -0.000811. The van der Waals surface area contributed by atoms with Crippen molar-refractivity contribution < 1.29 is 34.7 Å². The summed E-state index contributed by atoms with van der Waals surface area (Å²) < 4.78 is 130. The fraction of sp³-hybridized carbons (Fsp3) is 0.378. The van der Waals surface area contributed by atoms with Crippen molar-refractivity contribution in [2.45, 2.75) is 69.7 Å². The maximum absolute atomic E-state index is 14.6. The Balaban J connectivity index is 1.53. The van der Waals surface area contributed by atoms with E-state index in [1.54, 1.807) is 12.1 Å². The minimum absolute atomic E-state index is 0.000811. The smallest absolute Gasteiger partial charge is 0.333 e. The van der Waals surface area contributed by atoms with Gasteiger partial charge in [-0.1, -0.05) is 74.1 Å². The van der Waals surface area contributed by atoms with Crippen molar-refractivity contribution in [1.82, 2.24) is 19.4 Å². The van der Waals surface area contributed by atoms with Crippen LogP contribution in [0.5, 0.6) is 0 Å². The van der Waals surface area contributed by atoms with Crippen LogP contribution in [-0.4, -0.2) is 51.3 Å². The number of rotatable bonds is 13. The zero-order chi connectivity index (χ0) is 42.4. The number of carbonyl (C=O) groups is 1. The summed E-state index contributed by atoms with van der Waals surface area (Å²) >= 11 is 0.851. The van der Waals surface area contributed by atoms with Crippen LogP contribution in [0, 0.1) is 5.82 Å². The molecule has 0 fully saturated rings. The molecular formula is C37H40F4N4O2S. The van der Waals surface area contributed by atoms with E-state index in [9.17, 15) is 28.5 Å². The Labute approximate surface area is 295 Å². The Morgan fingerprint density at radius 1 is 1.02 bits per heavy atom. The topological polar surface area (TPSA) is 58.4 Å². The second-order valence-electron chi connectivity index (χ2n) is 11.0. The van der Waals surface area contributed by atoms with Gasteiger partial charge in [0.25, 0.3) is 5.56 Å². The van der Waals surface area contributed by atoms with Crippen molar-refractivity contribution in [3.8, 4) is 11.1 Å². The number of alkyl halides is 3. The lowest BCUT2D eigenvalue weighted by molar-refractivity contribution is -0.137. The summed E-state index contributed by atoms with van der Waals surface area (Å²) in [6, 6.07) is 5.96. The van der Waals surface area contributed by atoms with Crippen molar-refractivity contribution in [1.29, 1.82) is 0 Å². The molecule has 0 aliphatic heterocycles. The number of thioether (sulfide) groups is 1. The quantitative estimate of drug-likeness (QED) is 0.0816. The summed E-state index contributed by atoms with van der Waals surface area (Å²) in [7, 11) is 0. The van der Waals surface area contributed by atoms with Crippen LogP contribution in [0.15, 0.2) is 82.7 Å². The summed E-state index contributed by atoms with van der Waals surface area (Å²) in [5.41, 5.74) is 0.637. The van der Waals surface area contributed by atoms with Gasteiger partial charge < -0.3 is 14.4 Å². The highest BCUT2D eigenvalue weighted by atomic mass is 32.2. The lowest BCUT2D eigenvalue weighted by atomic mass is 9.99. The van der Waals surface area contributed by atoms with E-state index in [4.69, 9.17) is 11.0 Å². The third kappa shape index (κ3) is 8.36. The summed E-state index contributed by atoms with van der Waals surface area (Å²) in [4.78, 5) is 34.0. The third-order valence-corrected chi connectivity index (χ3v) is 9.13. The van der Waals surface area contributed by atoms with Crippen LogP contribution in [-0.2, 0) is 36.1 Å². The minimum Gasteiger partial charge on any atom is -0.333 e. The molecule has 1 amide bonds. The first kappa shape index (κ1) is 25.1. The Hall–Kier alpha value is -3.96. The van der Waals surface area contributed by atoms with E-state index < -0.39 is 78.7 Å². The van der Waals surface area contributed by atoms with Crippen LogP contribution >= 0.6 is 11.8 Å². The molecule has 11 heteroatoms. The van der Waals surface area contributed by atoms with Gasteiger partial charge in [-0.05, 0) is 85.7 Å². The van der Waals surface area contributed by atoms with Crippen LogP contribution in [0.2, 0.25) is 0 Å². The van der Waals surface area contributed by atoms with Gasteiger partial charge in [0.05, 0.1) is 18.4 Å². The molecule has 1 aliphatic carbocycles. The average Bonchev–Trinajstić information content (AvgIpc) is 3.63. The number of fused-ring (bicyclic) bond motifs is 1. The molecule has 48 heavy (non-hydrogen) atoms. The Morgan fingerprint density at radius 3 is 2.25 bits per heavy atom. The highest BCUT2D eigenvalue weighted by molar-refractivity contribution is 7.98. The molecule has 254 valence electrons. The van der Waals surface area contributed by atoms with Gasteiger partial charge in [-0.25, -0.2) is 4.39 Å². The molecule has 6 nitrogen and oxygen atoms in total. The first-order valence-electron chi connectivity index (χ1n) is 19.7. The number of nitrogens with zero attached hydrogens (tertiary/aromatic N) is 4. The molecule has 4 aromatic rings. The second kappa shape index (κ2) is 15.5. The first-order chi connectivity index (χ1) is 26.3. The maximum atomic E-state index is 14.6. The molecule has 0 saturated carbocycles. The van der Waals surface area contributed by atoms with E-state index in [-0.39, 0.29) is 35.1 Å². The number of hydrogen-bond acceptors (Lipinski definition) is 5. The number of likely N-dealkylation sites (N-methyl/N-ethyl adjacent to an activating group) is 1. The van der Waals surface area contributed by atoms with E-state index in [0.29, 0.717) is 41.6 Å². The molecule has 1 aromatic heterocycles. The standard InChI is InChI=1S/C37H40F4N4O2S/c1-4-43(5-2)21-22-44(25(3)27-11-13-28(14-12-27)29-15-17-30(18-16-29)37(39,40)41)34(46)23-45-33-8-6-7-32(33)35(47)42-36(45)48-24-26-9-19-31(38)20-10-26/h9-20,25H,4-8,21-24H2,1-3H3/i4D2,5D2,9D,10D,19D,20D,25D. The molecule has 3 aromatic carbocycles. The lowest BCUT2D eigenvalue weighted by Crippen LogP contribution is -2.42. The predicted octanol–water partition coefficient (Wildman–Crippen LogP) is 7.78. The van der Waals surface area contributed by atoms with Crippen LogP contribution in [0.1, 0.15) is 73.5 Å². The lowest BCUT2D eigenvalue weighted by Gasteiger charge is -2.33. The Kier molecular flexibility index (Phi) is 8.10. The Bertz CT molecular complexity index is 2170. The summed E-state index contributed by atoms with van der Waals surface area (Å²) in [6.45, 7) is -1.82. The van der Waals surface area contributed by atoms with Gasteiger partial charge >= 0.3 is 6.18 Å². The number of hydrogen-bond donors (Lipinski definition) is 0. The number of aromatic nitrogens is 2. The largest absolute Gasteiger partial charge is 0.416 e. The number of benzene rings is 3. The van der Waals surface area contributed by atoms with Gasteiger partial charge in [0.15, 0.2) is 5.16 Å². The van der Waals surface area contributed by atoms with E-state index >= 15 is 0 Å². The second-order valence-corrected chi connectivity index (χ2v) is 12.0. The molecule has 5 rings (SSSR count). The molecule has 1 atom stereocenters. The maximum Gasteiger partial charge on any atom is 0.416 e. The summed E-state index contributed by atoms with van der Waals surface area (Å²) in [6.07, 6.45) is -3.18. The number of amides is 1. The fourth-order valence-electron chi connectivity index (χ4n) is 5.54. The van der Waals surface area contributed by atoms with E-state index in [0.717, 1.165) is 47.5 Å². The number of carbonyl (C=O) groups excluding carboxylic acids is 1. The molecule has 0 spiro atoms. The van der Waals surface area contributed by atoms with Gasteiger partial charge in [-0.15, -0.1) is 0 Å². The highest BCUT2D eigenvalue weighted by Gasteiger charge is 2.30. The normalized spacial score (nSPS) is 17.5. The molecule has 0 bridgehead atoms. The molecule has 1 heterocycles. The van der Waals surface area contributed by atoms with Gasteiger partial charge in [0, 0.05) is 35.6 Å². The molecule has 0 radical (unpaired) electrons. The third-order valence-electron chi connectivity index (χ3n) is 8.13. The molecule has 0 N–H and O–H groups in total.